The van der Waals surface area contributed by atoms with Crippen LogP contribution in [0.15, 0.2) is 51.5 Å². The van der Waals surface area contributed by atoms with Crippen LogP contribution in [0.3, 0.4) is 0 Å². The molecule has 0 spiro atoms. The maximum atomic E-state index is 12.9. The van der Waals surface area contributed by atoms with Crippen molar-refractivity contribution in [2.75, 3.05) is 13.2 Å². The van der Waals surface area contributed by atoms with Gasteiger partial charge in [0.15, 0.2) is 0 Å². The van der Waals surface area contributed by atoms with Crippen LogP contribution in [0.5, 0.6) is 0 Å². The summed E-state index contributed by atoms with van der Waals surface area (Å²) in [5.41, 5.74) is 1.08. The van der Waals surface area contributed by atoms with Crippen molar-refractivity contribution in [2.45, 2.75) is 20.3 Å². The highest BCUT2D eigenvalue weighted by Gasteiger charge is 2.35. The minimum absolute atomic E-state index is 0.0249. The number of aryl methyl sites for hydroxylation is 1. The van der Waals surface area contributed by atoms with Crippen molar-refractivity contribution in [3.8, 4) is 17.4 Å². The van der Waals surface area contributed by atoms with Gasteiger partial charge in [-0.2, -0.15) is 5.26 Å². The predicted molar refractivity (Wildman–Crippen MR) is 110 cm³/mol. The lowest BCUT2D eigenvalue weighted by Crippen LogP contribution is -2.43. The van der Waals surface area contributed by atoms with Crippen molar-refractivity contribution in [1.29, 1.82) is 5.26 Å². The fraction of sp³-hybridized carbons (Fsp3) is 0.227. The Bertz CT molecular complexity index is 1180. The average Bonchev–Trinajstić information content (AvgIpc) is 3.20. The van der Waals surface area contributed by atoms with Crippen LogP contribution >= 0.6 is 0 Å². The Labute approximate surface area is 177 Å². The van der Waals surface area contributed by atoms with Crippen LogP contribution in [0, 0.1) is 28.4 Å². The number of hydrogen-bond acceptors (Lipinski definition) is 7. The van der Waals surface area contributed by atoms with Gasteiger partial charge in [-0.25, -0.2) is 0 Å². The maximum absolute atomic E-state index is 12.9. The van der Waals surface area contributed by atoms with E-state index >= 15 is 0 Å². The number of aliphatic hydroxyl groups is 1. The zero-order chi connectivity index (χ0) is 22.7. The third-order valence-corrected chi connectivity index (χ3v) is 4.89. The quantitative estimate of drug-likeness (QED) is 0.327. The molecule has 0 saturated carbocycles. The van der Waals surface area contributed by atoms with E-state index in [0.29, 0.717) is 5.56 Å². The molecule has 0 bridgehead atoms. The summed E-state index contributed by atoms with van der Waals surface area (Å²) in [7, 11) is 0. The lowest BCUT2D eigenvalue weighted by molar-refractivity contribution is -0.384. The molecule has 3 rings (SSSR count). The summed E-state index contributed by atoms with van der Waals surface area (Å²) in [5, 5.41) is 29.8. The summed E-state index contributed by atoms with van der Waals surface area (Å²) >= 11 is 0. The highest BCUT2D eigenvalue weighted by atomic mass is 16.6. The highest BCUT2D eigenvalue weighted by Crippen LogP contribution is 2.33. The van der Waals surface area contributed by atoms with Gasteiger partial charge in [0, 0.05) is 24.8 Å². The van der Waals surface area contributed by atoms with E-state index in [9.17, 15) is 25.0 Å². The fourth-order valence-electron chi connectivity index (χ4n) is 3.28. The topological polar surface area (TPSA) is 138 Å². The third kappa shape index (κ3) is 4.15. The largest absolute Gasteiger partial charge is 0.456 e. The number of rotatable bonds is 6. The van der Waals surface area contributed by atoms with Crippen LogP contribution in [0.2, 0.25) is 0 Å². The monoisotopic (exact) mass is 421 g/mol. The van der Waals surface area contributed by atoms with Gasteiger partial charge in [0.25, 0.3) is 17.5 Å². The SMILES string of the molecule is CC1=C(C#N)C(=O)N(CCCO)C(=O)/C1=C/c1ccc(-c2ccc(C)cc2[N+](=O)[O-])o1. The number of amides is 2. The molecule has 0 atom stereocenters. The summed E-state index contributed by atoms with van der Waals surface area (Å²) in [5.74, 6) is -0.821. The van der Waals surface area contributed by atoms with Gasteiger partial charge >= 0.3 is 0 Å². The van der Waals surface area contributed by atoms with E-state index in [1.807, 2.05) is 6.07 Å². The zero-order valence-corrected chi connectivity index (χ0v) is 16.9. The molecule has 0 aliphatic carbocycles. The summed E-state index contributed by atoms with van der Waals surface area (Å²) in [6, 6.07) is 9.69. The number of nitro benzene ring substituents is 1. The normalized spacial score (nSPS) is 15.5. The molecule has 1 aromatic carbocycles. The Balaban J connectivity index is 2.04. The van der Waals surface area contributed by atoms with Gasteiger partial charge in [-0.3, -0.25) is 24.6 Å². The number of nitriles is 1. The first kappa shape index (κ1) is 21.7. The van der Waals surface area contributed by atoms with Gasteiger partial charge in [0.05, 0.1) is 10.5 Å². The van der Waals surface area contributed by atoms with Gasteiger partial charge in [-0.15, -0.1) is 0 Å². The summed E-state index contributed by atoms with van der Waals surface area (Å²) in [6.07, 6.45) is 1.58. The molecule has 1 aromatic heterocycles. The first-order chi connectivity index (χ1) is 14.8. The van der Waals surface area contributed by atoms with E-state index in [-0.39, 0.29) is 53.5 Å². The molecule has 0 fully saturated rings. The Kier molecular flexibility index (Phi) is 6.13. The van der Waals surface area contributed by atoms with E-state index in [1.165, 1.54) is 19.1 Å². The first-order valence-corrected chi connectivity index (χ1v) is 9.43. The van der Waals surface area contributed by atoms with Crippen molar-refractivity contribution < 1.29 is 24.0 Å². The summed E-state index contributed by atoms with van der Waals surface area (Å²) in [4.78, 5) is 37.1. The van der Waals surface area contributed by atoms with E-state index < -0.39 is 16.7 Å². The molecule has 9 nitrogen and oxygen atoms in total. The molecule has 0 saturated heterocycles. The first-order valence-electron chi connectivity index (χ1n) is 9.43. The molecule has 0 unspecified atom stereocenters. The Hall–Kier alpha value is -4.03. The number of carbonyl (C=O) groups is 2. The van der Waals surface area contributed by atoms with E-state index in [2.05, 4.69) is 0 Å². The second-order valence-corrected chi connectivity index (χ2v) is 6.99. The molecule has 1 aliphatic rings. The van der Waals surface area contributed by atoms with Crippen LogP contribution in [0.4, 0.5) is 5.69 Å². The standard InChI is InChI=1S/C22H19N3O6/c1-13-4-6-16(19(10-13)25(29)30)20-7-5-15(31-20)11-17-14(2)18(12-23)22(28)24(21(17)27)8-3-9-26/h4-7,10-11,26H,3,8-9H2,1-2H3/b17-11+. The number of aliphatic hydroxyl groups excluding tert-OH is 1. The fourth-order valence-corrected chi connectivity index (χ4v) is 3.28. The Morgan fingerprint density at radius 3 is 2.61 bits per heavy atom. The van der Waals surface area contributed by atoms with Crippen LogP contribution in [0.25, 0.3) is 17.4 Å². The zero-order valence-electron chi connectivity index (χ0n) is 16.9. The average molecular weight is 421 g/mol. The Morgan fingerprint density at radius 1 is 1.23 bits per heavy atom. The van der Waals surface area contributed by atoms with Gasteiger partial charge in [0.1, 0.15) is 23.2 Å². The number of furan rings is 1. The Morgan fingerprint density at radius 2 is 1.97 bits per heavy atom. The molecule has 1 aliphatic heterocycles. The van der Waals surface area contributed by atoms with Crippen molar-refractivity contribution in [3.05, 3.63) is 68.5 Å². The molecule has 0 radical (unpaired) electrons. The lowest BCUT2D eigenvalue weighted by atomic mass is 9.94. The van der Waals surface area contributed by atoms with Crippen molar-refractivity contribution in [1.82, 2.24) is 4.90 Å². The molecular formula is C22H19N3O6. The summed E-state index contributed by atoms with van der Waals surface area (Å²) in [6.45, 7) is 3.01. The maximum Gasteiger partial charge on any atom is 0.280 e. The van der Waals surface area contributed by atoms with Gasteiger partial charge < -0.3 is 9.52 Å². The molecule has 31 heavy (non-hydrogen) atoms. The van der Waals surface area contributed by atoms with E-state index in [0.717, 1.165) is 10.5 Å². The number of hydrogen-bond donors (Lipinski definition) is 1. The third-order valence-electron chi connectivity index (χ3n) is 4.89. The van der Waals surface area contributed by atoms with Crippen LogP contribution < -0.4 is 0 Å². The molecule has 2 aromatic rings. The van der Waals surface area contributed by atoms with Crippen LogP contribution in [-0.2, 0) is 9.59 Å². The van der Waals surface area contributed by atoms with Gasteiger partial charge in [-0.1, -0.05) is 6.07 Å². The molecule has 2 amide bonds. The number of imide groups is 1. The van der Waals surface area contributed by atoms with Crippen LogP contribution in [-0.4, -0.2) is 39.9 Å². The molecule has 2 heterocycles. The van der Waals surface area contributed by atoms with Crippen molar-refractivity contribution in [2.24, 2.45) is 0 Å². The van der Waals surface area contributed by atoms with E-state index in [1.54, 1.807) is 31.2 Å². The molecular weight excluding hydrogens is 402 g/mol. The van der Waals surface area contributed by atoms with Crippen molar-refractivity contribution >= 4 is 23.6 Å². The summed E-state index contributed by atoms with van der Waals surface area (Å²) < 4.78 is 5.73. The molecule has 9 heteroatoms. The number of carbonyl (C=O) groups excluding carboxylic acids is 2. The minimum Gasteiger partial charge on any atom is -0.456 e. The minimum atomic E-state index is -0.703. The molecule has 158 valence electrons. The lowest BCUT2D eigenvalue weighted by Gasteiger charge is -2.27. The van der Waals surface area contributed by atoms with Crippen LogP contribution in [0.1, 0.15) is 24.7 Å². The number of nitro groups is 1. The predicted octanol–water partition coefficient (Wildman–Crippen LogP) is 3.14. The highest BCUT2D eigenvalue weighted by molar-refractivity contribution is 6.19. The number of benzene rings is 1. The van der Waals surface area contributed by atoms with E-state index in [4.69, 9.17) is 9.52 Å². The van der Waals surface area contributed by atoms with Gasteiger partial charge in [-0.05, 0) is 55.7 Å². The smallest absolute Gasteiger partial charge is 0.280 e. The molecule has 1 N–H and O–H groups in total. The second kappa shape index (κ2) is 8.77. The van der Waals surface area contributed by atoms with Gasteiger partial charge in [0.2, 0.25) is 0 Å². The van der Waals surface area contributed by atoms with Crippen molar-refractivity contribution in [3.63, 3.8) is 0 Å². The second-order valence-electron chi connectivity index (χ2n) is 6.99. The number of nitrogens with zero attached hydrogens (tertiary/aromatic N) is 3.